The molecule has 2 rings (SSSR count). The van der Waals surface area contributed by atoms with E-state index in [1.54, 1.807) is 16.6 Å². The number of carbonyl (C=O) groups excluding carboxylic acids is 1. The van der Waals surface area contributed by atoms with Crippen LogP contribution in [0.15, 0.2) is 23.9 Å². The molecular formula is C12H16N2O4S. The quantitative estimate of drug-likeness (QED) is 0.339. The van der Waals surface area contributed by atoms with Crippen molar-refractivity contribution in [3.05, 3.63) is 34.0 Å². The van der Waals surface area contributed by atoms with Crippen molar-refractivity contribution >= 4 is 17.9 Å². The molecule has 0 saturated carbocycles. The van der Waals surface area contributed by atoms with Gasteiger partial charge in [-0.2, -0.15) is 0 Å². The molecule has 7 heteroatoms. The van der Waals surface area contributed by atoms with Gasteiger partial charge in [0.25, 0.3) is 11.6 Å². The van der Waals surface area contributed by atoms with Crippen LogP contribution in [0.2, 0.25) is 0 Å². The van der Waals surface area contributed by atoms with Gasteiger partial charge in [-0.3, -0.25) is 19.2 Å². The van der Waals surface area contributed by atoms with E-state index in [4.69, 9.17) is 4.74 Å². The summed E-state index contributed by atoms with van der Waals surface area (Å²) in [7, 11) is 1.46. The zero-order valence-electron chi connectivity index (χ0n) is 11.0. The molecule has 0 aromatic heterocycles. The Hall–Kier alpha value is -1.34. The summed E-state index contributed by atoms with van der Waals surface area (Å²) in [6.45, 7) is 1.82. The summed E-state index contributed by atoms with van der Waals surface area (Å²) in [4.78, 5) is 22.7. The van der Waals surface area contributed by atoms with Crippen molar-refractivity contribution in [1.82, 2.24) is 4.31 Å². The van der Waals surface area contributed by atoms with Gasteiger partial charge < -0.3 is 4.74 Å². The van der Waals surface area contributed by atoms with Gasteiger partial charge in [0.15, 0.2) is 6.10 Å². The molecule has 1 aliphatic carbocycles. The maximum Gasteiger partial charge on any atom is 0.264 e. The molecule has 1 amide bonds. The fourth-order valence-electron chi connectivity index (χ4n) is 2.77. The third-order valence-corrected chi connectivity index (χ3v) is 4.62. The van der Waals surface area contributed by atoms with Crippen LogP contribution in [0.3, 0.4) is 0 Å². The summed E-state index contributed by atoms with van der Waals surface area (Å²) in [5.74, 6) is -0.126. The summed E-state index contributed by atoms with van der Waals surface area (Å²) in [6, 6.07) is -0.318. The molecule has 0 aromatic rings. The molecule has 1 fully saturated rings. The molecule has 0 N–H and O–H groups in total. The van der Waals surface area contributed by atoms with E-state index >= 15 is 0 Å². The molecule has 104 valence electrons. The van der Waals surface area contributed by atoms with Crippen LogP contribution in [0.5, 0.6) is 0 Å². The average molecular weight is 284 g/mol. The van der Waals surface area contributed by atoms with E-state index in [2.05, 4.69) is 0 Å². The van der Waals surface area contributed by atoms with E-state index in [1.165, 1.54) is 25.1 Å². The van der Waals surface area contributed by atoms with Gasteiger partial charge in [-0.1, -0.05) is 24.1 Å². The smallest absolute Gasteiger partial charge is 0.264 e. The maximum absolute atomic E-state index is 11.9. The minimum absolute atomic E-state index is 0.126. The number of hydrogen-bond donors (Lipinski definition) is 0. The van der Waals surface area contributed by atoms with Gasteiger partial charge in [-0.15, -0.1) is 0 Å². The lowest BCUT2D eigenvalue weighted by Gasteiger charge is -2.51. The molecule has 0 spiro atoms. The molecule has 2 aliphatic rings. The number of ether oxygens (including phenoxy) is 1. The third kappa shape index (κ3) is 1.97. The van der Waals surface area contributed by atoms with E-state index in [-0.39, 0.29) is 22.6 Å². The largest absolute Gasteiger partial charge is 0.369 e. The van der Waals surface area contributed by atoms with Crippen molar-refractivity contribution in [2.45, 2.75) is 25.5 Å². The van der Waals surface area contributed by atoms with E-state index < -0.39 is 11.5 Å². The first kappa shape index (κ1) is 14.1. The predicted octanol–water partition coefficient (Wildman–Crippen LogP) is 1.62. The number of β-lactam (4-membered cyclic amide) rings is 1. The van der Waals surface area contributed by atoms with Crippen molar-refractivity contribution < 1.29 is 14.5 Å². The number of carbonyl (C=O) groups is 1. The monoisotopic (exact) mass is 284 g/mol. The van der Waals surface area contributed by atoms with Gasteiger partial charge in [0.05, 0.1) is 16.4 Å². The minimum atomic E-state index is -0.726. The summed E-state index contributed by atoms with van der Waals surface area (Å²) in [5.41, 5.74) is -0.593. The van der Waals surface area contributed by atoms with Crippen molar-refractivity contribution in [1.29, 1.82) is 0 Å². The molecule has 1 saturated heterocycles. The number of rotatable bonds is 4. The fraction of sp³-hybridized carbons (Fsp3) is 0.583. The lowest BCUT2D eigenvalue weighted by Crippen LogP contribution is -2.68. The topological polar surface area (TPSA) is 72.7 Å². The fourth-order valence-corrected chi connectivity index (χ4v) is 3.63. The highest BCUT2D eigenvalue weighted by atomic mass is 32.2. The Balaban J connectivity index is 2.38. The van der Waals surface area contributed by atoms with E-state index in [0.717, 1.165) is 0 Å². The van der Waals surface area contributed by atoms with Crippen LogP contribution in [-0.4, -0.2) is 40.6 Å². The molecule has 0 aromatic carbocycles. The number of nitrogens with zero attached hydrogens (tertiary/aromatic N) is 2. The molecule has 1 aliphatic heterocycles. The Morgan fingerprint density at radius 2 is 2.32 bits per heavy atom. The Labute approximate surface area is 115 Å². The first-order chi connectivity index (χ1) is 8.97. The molecule has 1 heterocycles. The van der Waals surface area contributed by atoms with Gasteiger partial charge in [0.1, 0.15) is 0 Å². The number of hydrogen-bond acceptors (Lipinski definition) is 5. The molecule has 0 bridgehead atoms. The summed E-state index contributed by atoms with van der Waals surface area (Å²) in [5, 5.41) is 11.2. The molecule has 3 unspecified atom stereocenters. The lowest BCUT2D eigenvalue weighted by molar-refractivity contribution is -0.443. The Morgan fingerprint density at radius 1 is 1.63 bits per heavy atom. The number of amides is 1. The van der Waals surface area contributed by atoms with E-state index in [1.807, 2.05) is 13.0 Å². The standard InChI is InChI=1S/C12H16N2O4S/c1-12(7-5-4-6-8(12)14(16)17)10-9(18-2)11(15)13(10)19-3/h4-6,9-10H,7H2,1-3H3. The molecule has 3 atom stereocenters. The second kappa shape index (κ2) is 4.97. The van der Waals surface area contributed by atoms with Crippen LogP contribution in [0.4, 0.5) is 0 Å². The van der Waals surface area contributed by atoms with Crippen LogP contribution < -0.4 is 0 Å². The van der Waals surface area contributed by atoms with Crippen LogP contribution in [-0.2, 0) is 9.53 Å². The van der Waals surface area contributed by atoms with E-state index in [0.29, 0.717) is 6.42 Å². The number of nitro groups is 1. The maximum atomic E-state index is 11.9. The Morgan fingerprint density at radius 3 is 2.84 bits per heavy atom. The number of allylic oxidation sites excluding steroid dienone is 3. The highest BCUT2D eigenvalue weighted by Crippen LogP contribution is 2.48. The first-order valence-corrected chi connectivity index (χ1v) is 7.07. The highest BCUT2D eigenvalue weighted by Gasteiger charge is 2.61. The number of methoxy groups -OCH3 is 1. The van der Waals surface area contributed by atoms with Gasteiger partial charge in [-0.05, 0) is 13.3 Å². The summed E-state index contributed by atoms with van der Waals surface area (Å²) >= 11 is 1.28. The van der Waals surface area contributed by atoms with Gasteiger partial charge >= 0.3 is 0 Å². The molecule has 0 radical (unpaired) electrons. The van der Waals surface area contributed by atoms with Crippen LogP contribution in [0, 0.1) is 15.5 Å². The van der Waals surface area contributed by atoms with Crippen molar-refractivity contribution in [3.8, 4) is 0 Å². The zero-order valence-corrected chi connectivity index (χ0v) is 11.8. The van der Waals surface area contributed by atoms with Crippen molar-refractivity contribution in [3.63, 3.8) is 0 Å². The average Bonchev–Trinajstić information content (AvgIpc) is 2.36. The van der Waals surface area contributed by atoms with Crippen LogP contribution >= 0.6 is 11.9 Å². The van der Waals surface area contributed by atoms with E-state index in [9.17, 15) is 14.9 Å². The molecule has 6 nitrogen and oxygen atoms in total. The zero-order chi connectivity index (χ0) is 14.2. The Kier molecular flexibility index (Phi) is 3.69. The Bertz CT molecular complexity index is 462. The van der Waals surface area contributed by atoms with Gasteiger partial charge in [-0.25, -0.2) is 0 Å². The van der Waals surface area contributed by atoms with Crippen LogP contribution in [0.25, 0.3) is 0 Å². The molecule has 19 heavy (non-hydrogen) atoms. The second-order valence-electron chi connectivity index (χ2n) is 4.81. The molecular weight excluding hydrogens is 268 g/mol. The predicted molar refractivity (Wildman–Crippen MR) is 71.9 cm³/mol. The van der Waals surface area contributed by atoms with Gasteiger partial charge in [0.2, 0.25) is 0 Å². The van der Waals surface area contributed by atoms with Crippen molar-refractivity contribution in [2.75, 3.05) is 13.4 Å². The highest BCUT2D eigenvalue weighted by molar-refractivity contribution is 7.96. The summed E-state index contributed by atoms with van der Waals surface area (Å²) < 4.78 is 6.79. The second-order valence-corrected chi connectivity index (χ2v) is 5.57. The van der Waals surface area contributed by atoms with Crippen molar-refractivity contribution in [2.24, 2.45) is 5.41 Å². The minimum Gasteiger partial charge on any atom is -0.369 e. The van der Waals surface area contributed by atoms with Crippen LogP contribution in [0.1, 0.15) is 13.3 Å². The first-order valence-electron chi connectivity index (χ1n) is 5.89. The lowest BCUT2D eigenvalue weighted by atomic mass is 9.69. The SMILES string of the molecule is COC1C(=O)N(SC)C1C1(C)CC=CC=C1[N+](=O)[O-]. The normalized spacial score (nSPS) is 33.9. The summed E-state index contributed by atoms with van der Waals surface area (Å²) in [6.07, 6.45) is 6.79. The third-order valence-electron chi connectivity index (χ3n) is 3.82. The van der Waals surface area contributed by atoms with Gasteiger partial charge in [0, 0.05) is 19.4 Å².